The number of piperazine rings is 1. The molecular formula is C13H20N6. The molecule has 2 heterocycles. The number of hydrogen-bond acceptors (Lipinski definition) is 6. The first-order chi connectivity index (χ1) is 9.17. The summed E-state index contributed by atoms with van der Waals surface area (Å²) in [5.74, 6) is 0.791. The second-order valence-corrected chi connectivity index (χ2v) is 5.01. The van der Waals surface area contributed by atoms with Crippen LogP contribution in [0.1, 0.15) is 6.92 Å². The monoisotopic (exact) mass is 260 g/mol. The lowest BCUT2D eigenvalue weighted by Gasteiger charge is -2.37. The zero-order valence-corrected chi connectivity index (χ0v) is 11.5. The highest BCUT2D eigenvalue weighted by atomic mass is 15.3. The van der Waals surface area contributed by atoms with Crippen molar-refractivity contribution in [1.82, 2.24) is 20.2 Å². The van der Waals surface area contributed by atoms with Gasteiger partial charge in [0.1, 0.15) is 5.54 Å². The molecule has 102 valence electrons. The molecule has 0 bridgehead atoms. The summed E-state index contributed by atoms with van der Waals surface area (Å²) >= 11 is 0. The van der Waals surface area contributed by atoms with Crippen LogP contribution in [0.25, 0.3) is 0 Å². The van der Waals surface area contributed by atoms with Crippen molar-refractivity contribution in [3.8, 4) is 6.07 Å². The normalized spacial score (nSPS) is 19.7. The topological polar surface area (TPSA) is 68.1 Å². The molecule has 1 aromatic heterocycles. The van der Waals surface area contributed by atoms with Gasteiger partial charge in [-0.15, -0.1) is 0 Å². The van der Waals surface area contributed by atoms with E-state index in [1.54, 1.807) is 12.4 Å². The van der Waals surface area contributed by atoms with Crippen molar-refractivity contribution in [1.29, 1.82) is 5.26 Å². The molecule has 0 saturated carbocycles. The van der Waals surface area contributed by atoms with Gasteiger partial charge in [0.05, 0.1) is 6.07 Å². The van der Waals surface area contributed by atoms with Crippen LogP contribution in [-0.4, -0.2) is 60.2 Å². The number of aromatic nitrogens is 2. The largest absolute Gasteiger partial charge is 0.338 e. The Morgan fingerprint density at radius 1 is 1.32 bits per heavy atom. The minimum atomic E-state index is -0.481. The van der Waals surface area contributed by atoms with Crippen LogP contribution in [0.5, 0.6) is 0 Å². The van der Waals surface area contributed by atoms with Gasteiger partial charge < -0.3 is 10.2 Å². The first kappa shape index (κ1) is 13.7. The second kappa shape index (κ2) is 5.95. The van der Waals surface area contributed by atoms with Crippen LogP contribution in [0.3, 0.4) is 0 Å². The molecule has 1 aliphatic rings. The number of likely N-dealkylation sites (N-methyl/N-ethyl adjacent to an activating group) is 1. The average Bonchev–Trinajstić information content (AvgIpc) is 2.49. The Hall–Kier alpha value is -1.71. The third-order valence-electron chi connectivity index (χ3n) is 3.55. The predicted octanol–water partition coefficient (Wildman–Crippen LogP) is 0.100. The first-order valence-electron chi connectivity index (χ1n) is 6.51. The highest BCUT2D eigenvalue weighted by Crippen LogP contribution is 2.12. The van der Waals surface area contributed by atoms with Crippen molar-refractivity contribution >= 4 is 5.95 Å². The molecule has 6 nitrogen and oxygen atoms in total. The molecule has 6 heteroatoms. The van der Waals surface area contributed by atoms with Crippen molar-refractivity contribution in [2.45, 2.75) is 12.5 Å². The first-order valence-corrected chi connectivity index (χ1v) is 6.51. The molecule has 0 aliphatic carbocycles. The summed E-state index contributed by atoms with van der Waals surface area (Å²) in [7, 11) is 1.83. The molecular weight excluding hydrogens is 240 g/mol. The molecule has 1 saturated heterocycles. The number of nitriles is 1. The van der Waals surface area contributed by atoms with Crippen LogP contribution in [0.4, 0.5) is 5.95 Å². The summed E-state index contributed by atoms with van der Waals surface area (Å²) in [5.41, 5.74) is -0.481. The smallest absolute Gasteiger partial charge is 0.225 e. The molecule has 1 aromatic rings. The van der Waals surface area contributed by atoms with E-state index < -0.39 is 5.54 Å². The Morgan fingerprint density at radius 3 is 2.47 bits per heavy atom. The maximum Gasteiger partial charge on any atom is 0.225 e. The van der Waals surface area contributed by atoms with Crippen LogP contribution in [0.15, 0.2) is 18.5 Å². The molecule has 1 aliphatic heterocycles. The van der Waals surface area contributed by atoms with Gasteiger partial charge >= 0.3 is 0 Å². The fourth-order valence-electron chi connectivity index (χ4n) is 2.18. The molecule has 19 heavy (non-hydrogen) atoms. The van der Waals surface area contributed by atoms with Gasteiger partial charge in [0.25, 0.3) is 0 Å². The zero-order valence-electron chi connectivity index (χ0n) is 11.5. The van der Waals surface area contributed by atoms with Crippen molar-refractivity contribution < 1.29 is 0 Å². The van der Waals surface area contributed by atoms with E-state index in [9.17, 15) is 5.26 Å². The van der Waals surface area contributed by atoms with Crippen LogP contribution < -0.4 is 10.2 Å². The van der Waals surface area contributed by atoms with Crippen LogP contribution in [0, 0.1) is 11.3 Å². The average molecular weight is 260 g/mol. The SMILES string of the molecule is CNC(C)(C#N)CN1CCN(c2ncccn2)CC1. The van der Waals surface area contributed by atoms with E-state index in [-0.39, 0.29) is 0 Å². The second-order valence-electron chi connectivity index (χ2n) is 5.01. The predicted molar refractivity (Wildman–Crippen MR) is 73.8 cm³/mol. The molecule has 1 N–H and O–H groups in total. The van der Waals surface area contributed by atoms with E-state index in [0.717, 1.165) is 38.7 Å². The molecule has 2 rings (SSSR count). The Kier molecular flexibility index (Phi) is 4.30. The number of anilines is 1. The molecule has 0 amide bonds. The van der Waals surface area contributed by atoms with Crippen molar-refractivity contribution in [3.63, 3.8) is 0 Å². The summed E-state index contributed by atoms with van der Waals surface area (Å²) in [6.07, 6.45) is 3.53. The number of nitrogens with one attached hydrogen (secondary N) is 1. The molecule has 0 spiro atoms. The van der Waals surface area contributed by atoms with E-state index in [1.807, 2.05) is 20.0 Å². The Labute approximate surface area is 114 Å². The van der Waals surface area contributed by atoms with Gasteiger partial charge in [-0.3, -0.25) is 4.90 Å². The van der Waals surface area contributed by atoms with E-state index >= 15 is 0 Å². The molecule has 1 fully saturated rings. The minimum absolute atomic E-state index is 0.481. The van der Waals surface area contributed by atoms with Gasteiger partial charge in [-0.1, -0.05) is 0 Å². The van der Waals surface area contributed by atoms with Gasteiger partial charge in [0.15, 0.2) is 0 Å². The lowest BCUT2D eigenvalue weighted by atomic mass is 10.0. The molecule has 0 radical (unpaired) electrons. The lowest BCUT2D eigenvalue weighted by molar-refractivity contribution is 0.213. The summed E-state index contributed by atoms with van der Waals surface area (Å²) < 4.78 is 0. The maximum atomic E-state index is 9.18. The lowest BCUT2D eigenvalue weighted by Crippen LogP contribution is -2.54. The Morgan fingerprint density at radius 2 is 1.95 bits per heavy atom. The van der Waals surface area contributed by atoms with Gasteiger partial charge in [-0.2, -0.15) is 5.26 Å². The number of nitrogens with zero attached hydrogens (tertiary/aromatic N) is 5. The zero-order chi connectivity index (χ0) is 13.7. The summed E-state index contributed by atoms with van der Waals surface area (Å²) in [6, 6.07) is 4.15. The molecule has 1 unspecified atom stereocenters. The molecule has 0 aromatic carbocycles. The summed E-state index contributed by atoms with van der Waals surface area (Å²) in [6.45, 7) is 6.32. The summed E-state index contributed by atoms with van der Waals surface area (Å²) in [4.78, 5) is 13.0. The van der Waals surface area contributed by atoms with Crippen molar-refractivity contribution in [3.05, 3.63) is 18.5 Å². The summed E-state index contributed by atoms with van der Waals surface area (Å²) in [5, 5.41) is 12.3. The standard InChI is InChI=1S/C13H20N6/c1-13(10-14,15-2)11-18-6-8-19(9-7-18)12-16-4-3-5-17-12/h3-5,15H,6-9,11H2,1-2H3. The third kappa shape index (κ3) is 3.40. The van der Waals surface area contributed by atoms with Gasteiger partial charge in [0.2, 0.25) is 5.95 Å². The van der Waals surface area contributed by atoms with E-state index in [0.29, 0.717) is 0 Å². The van der Waals surface area contributed by atoms with Crippen molar-refractivity contribution in [2.24, 2.45) is 0 Å². The van der Waals surface area contributed by atoms with Crippen LogP contribution >= 0.6 is 0 Å². The number of hydrogen-bond donors (Lipinski definition) is 1. The van der Waals surface area contributed by atoms with E-state index in [4.69, 9.17) is 0 Å². The van der Waals surface area contributed by atoms with Gasteiger partial charge in [0, 0.05) is 45.1 Å². The van der Waals surface area contributed by atoms with E-state index in [2.05, 4.69) is 31.2 Å². The number of rotatable bonds is 4. The maximum absolute atomic E-state index is 9.18. The van der Waals surface area contributed by atoms with E-state index in [1.165, 1.54) is 0 Å². The fourth-order valence-corrected chi connectivity index (χ4v) is 2.18. The van der Waals surface area contributed by atoms with Gasteiger partial charge in [-0.05, 0) is 20.0 Å². The Bertz CT molecular complexity index is 434. The minimum Gasteiger partial charge on any atom is -0.338 e. The van der Waals surface area contributed by atoms with Crippen molar-refractivity contribution in [2.75, 3.05) is 44.7 Å². The molecule has 1 atom stereocenters. The van der Waals surface area contributed by atoms with Crippen LogP contribution in [0.2, 0.25) is 0 Å². The fraction of sp³-hybridized carbons (Fsp3) is 0.615. The van der Waals surface area contributed by atoms with Gasteiger partial charge in [-0.25, -0.2) is 9.97 Å². The quantitative estimate of drug-likeness (QED) is 0.828. The Balaban J connectivity index is 1.88. The highest BCUT2D eigenvalue weighted by Gasteiger charge is 2.27. The third-order valence-corrected chi connectivity index (χ3v) is 3.55. The van der Waals surface area contributed by atoms with Crippen LogP contribution in [-0.2, 0) is 0 Å². The highest BCUT2D eigenvalue weighted by molar-refractivity contribution is 5.29.